The van der Waals surface area contributed by atoms with E-state index in [1.807, 2.05) is 42.8 Å². The number of benzene rings is 2. The molecule has 29 heavy (non-hydrogen) atoms. The van der Waals surface area contributed by atoms with Gasteiger partial charge in [-0.25, -0.2) is 4.98 Å². The highest BCUT2D eigenvalue weighted by atomic mass is 16.5. The van der Waals surface area contributed by atoms with Gasteiger partial charge in [0, 0.05) is 19.2 Å². The Kier molecular flexibility index (Phi) is 5.38. The lowest BCUT2D eigenvalue weighted by Crippen LogP contribution is -2.26. The Hall–Kier alpha value is -3.28. The van der Waals surface area contributed by atoms with Crippen molar-refractivity contribution < 1.29 is 19.7 Å². The van der Waals surface area contributed by atoms with Gasteiger partial charge in [0.1, 0.15) is 23.1 Å². The van der Waals surface area contributed by atoms with Crippen LogP contribution >= 0.6 is 0 Å². The quantitative estimate of drug-likeness (QED) is 0.375. The molecule has 0 fully saturated rings. The third-order valence-corrected chi connectivity index (χ3v) is 4.74. The number of aromatic nitrogens is 2. The number of fused-ring (bicyclic) bond motifs is 1. The van der Waals surface area contributed by atoms with Gasteiger partial charge >= 0.3 is 5.97 Å². The van der Waals surface area contributed by atoms with Crippen LogP contribution in [0.1, 0.15) is 44.6 Å². The van der Waals surface area contributed by atoms with Crippen molar-refractivity contribution in [1.29, 1.82) is 0 Å². The second kappa shape index (κ2) is 7.62. The Balaban J connectivity index is 2.00. The van der Waals surface area contributed by atoms with Gasteiger partial charge in [0.15, 0.2) is 0 Å². The monoisotopic (exact) mass is 394 g/mol. The molecule has 0 unspecified atom stereocenters. The number of carbonyl (C=O) groups is 1. The van der Waals surface area contributed by atoms with E-state index in [2.05, 4.69) is 4.98 Å². The minimum Gasteiger partial charge on any atom is -0.507 e. The van der Waals surface area contributed by atoms with Gasteiger partial charge in [-0.15, -0.1) is 0 Å². The van der Waals surface area contributed by atoms with Gasteiger partial charge in [0.05, 0.1) is 22.0 Å². The summed E-state index contributed by atoms with van der Waals surface area (Å²) in [5.74, 6) is 0.170. The van der Waals surface area contributed by atoms with Gasteiger partial charge in [-0.05, 0) is 51.0 Å². The van der Waals surface area contributed by atoms with Crippen LogP contribution in [0.25, 0.3) is 22.9 Å². The number of aromatic hydroxyl groups is 1. The number of rotatable bonds is 4. The first-order chi connectivity index (χ1) is 13.6. The number of phenolic OH excluding ortho intramolecular Hbond substituents is 1. The molecule has 0 atom stereocenters. The lowest BCUT2D eigenvalue weighted by molar-refractivity contribution is -0.143. The van der Waals surface area contributed by atoms with E-state index in [9.17, 15) is 15.0 Å². The number of aryl methyl sites for hydroxylation is 2. The fraction of sp³-hybridized carbons (Fsp3) is 0.304. The average Bonchev–Trinajstić information content (AvgIpc) is 2.97. The SMILES string of the molecule is CCc1cc(/C(O)=C/c2nc3ccccc3n2C)c(O)cc1OC(=O)C(C)(C)C. The summed E-state index contributed by atoms with van der Waals surface area (Å²) < 4.78 is 7.34. The van der Waals surface area contributed by atoms with Gasteiger partial charge in [0.25, 0.3) is 0 Å². The van der Waals surface area contributed by atoms with Gasteiger partial charge < -0.3 is 19.5 Å². The van der Waals surface area contributed by atoms with Crippen molar-refractivity contribution in [3.05, 3.63) is 53.3 Å². The second-order valence-electron chi connectivity index (χ2n) is 8.02. The summed E-state index contributed by atoms with van der Waals surface area (Å²) in [5.41, 5.74) is 2.05. The van der Waals surface area contributed by atoms with Crippen LogP contribution in [0.4, 0.5) is 0 Å². The summed E-state index contributed by atoms with van der Waals surface area (Å²) in [7, 11) is 1.86. The van der Waals surface area contributed by atoms with Gasteiger partial charge in [-0.1, -0.05) is 19.1 Å². The van der Waals surface area contributed by atoms with Crippen molar-refractivity contribution >= 4 is 28.8 Å². The number of aliphatic hydroxyl groups excluding tert-OH is 1. The molecular formula is C23H26N2O4. The van der Waals surface area contributed by atoms with Crippen LogP contribution in [0.3, 0.4) is 0 Å². The lowest BCUT2D eigenvalue weighted by Gasteiger charge is -2.18. The third-order valence-electron chi connectivity index (χ3n) is 4.74. The number of esters is 1. The van der Waals surface area contributed by atoms with Crippen molar-refractivity contribution in [3.8, 4) is 11.5 Å². The lowest BCUT2D eigenvalue weighted by atomic mass is 9.97. The summed E-state index contributed by atoms with van der Waals surface area (Å²) in [6.45, 7) is 7.21. The summed E-state index contributed by atoms with van der Waals surface area (Å²) >= 11 is 0. The van der Waals surface area contributed by atoms with E-state index in [4.69, 9.17) is 4.74 Å². The van der Waals surface area contributed by atoms with Crippen LogP contribution in [0.5, 0.6) is 11.5 Å². The Labute approximate surface area is 170 Å². The van der Waals surface area contributed by atoms with E-state index >= 15 is 0 Å². The molecule has 0 spiro atoms. The number of phenols is 1. The molecule has 6 nitrogen and oxygen atoms in total. The highest BCUT2D eigenvalue weighted by molar-refractivity contribution is 5.84. The minimum atomic E-state index is -0.665. The predicted octanol–water partition coefficient (Wildman–Crippen LogP) is 4.85. The van der Waals surface area contributed by atoms with E-state index in [0.29, 0.717) is 23.6 Å². The molecular weight excluding hydrogens is 368 g/mol. The molecule has 0 aliphatic heterocycles. The summed E-state index contributed by atoms with van der Waals surface area (Å²) in [6.07, 6.45) is 2.08. The molecule has 0 amide bonds. The molecule has 3 aromatic rings. The molecule has 0 bridgehead atoms. The second-order valence-corrected chi connectivity index (χ2v) is 8.02. The third kappa shape index (κ3) is 4.11. The maximum atomic E-state index is 12.2. The molecule has 1 heterocycles. The molecule has 1 aromatic heterocycles. The average molecular weight is 394 g/mol. The molecule has 0 saturated heterocycles. The molecule has 2 N–H and O–H groups in total. The number of para-hydroxylation sites is 2. The van der Waals surface area contributed by atoms with Gasteiger partial charge in [0.2, 0.25) is 0 Å². The largest absolute Gasteiger partial charge is 0.507 e. The van der Waals surface area contributed by atoms with Gasteiger partial charge in [-0.3, -0.25) is 4.79 Å². The first-order valence-corrected chi connectivity index (χ1v) is 9.52. The Morgan fingerprint density at radius 2 is 1.93 bits per heavy atom. The van der Waals surface area contributed by atoms with Crippen LogP contribution in [0.2, 0.25) is 0 Å². The summed E-state index contributed by atoms with van der Waals surface area (Å²) in [4.78, 5) is 16.7. The normalized spacial score (nSPS) is 12.4. The van der Waals surface area contributed by atoms with Crippen molar-refractivity contribution in [3.63, 3.8) is 0 Å². The van der Waals surface area contributed by atoms with Crippen LogP contribution < -0.4 is 4.74 Å². The maximum absolute atomic E-state index is 12.2. The zero-order valence-electron chi connectivity index (χ0n) is 17.4. The fourth-order valence-corrected chi connectivity index (χ4v) is 2.94. The van der Waals surface area contributed by atoms with E-state index in [1.54, 1.807) is 26.8 Å². The van der Waals surface area contributed by atoms with E-state index in [1.165, 1.54) is 12.1 Å². The van der Waals surface area contributed by atoms with Crippen LogP contribution in [0.15, 0.2) is 36.4 Å². The first-order valence-electron chi connectivity index (χ1n) is 9.52. The van der Waals surface area contributed by atoms with E-state index in [-0.39, 0.29) is 23.0 Å². The zero-order valence-corrected chi connectivity index (χ0v) is 17.4. The van der Waals surface area contributed by atoms with E-state index in [0.717, 1.165) is 11.0 Å². The molecule has 0 saturated carbocycles. The fourth-order valence-electron chi connectivity index (χ4n) is 2.94. The molecule has 0 radical (unpaired) electrons. The standard InChI is InChI=1S/C23H26N2O4/c1-6-14-11-15(18(26)12-20(14)29-22(28)23(2,3)4)19(27)13-21-24-16-9-7-8-10-17(16)25(21)5/h7-13,26-27H,6H2,1-5H3/b19-13-. The number of nitrogens with zero attached hydrogens (tertiary/aromatic N) is 2. The predicted molar refractivity (Wildman–Crippen MR) is 114 cm³/mol. The Morgan fingerprint density at radius 3 is 2.55 bits per heavy atom. The minimum absolute atomic E-state index is 0.121. The Bertz CT molecular complexity index is 1100. The number of carbonyl (C=O) groups excluding carboxylic acids is 1. The number of aliphatic hydroxyl groups is 1. The van der Waals surface area contributed by atoms with Crippen molar-refractivity contribution in [2.75, 3.05) is 0 Å². The van der Waals surface area contributed by atoms with Crippen LogP contribution in [-0.4, -0.2) is 25.7 Å². The molecule has 6 heteroatoms. The van der Waals surface area contributed by atoms with Crippen LogP contribution in [-0.2, 0) is 18.3 Å². The first kappa shape index (κ1) is 20.5. The number of ether oxygens (including phenoxy) is 1. The van der Waals surface area contributed by atoms with Crippen molar-refractivity contribution in [1.82, 2.24) is 9.55 Å². The Morgan fingerprint density at radius 1 is 1.24 bits per heavy atom. The number of hydrogen-bond acceptors (Lipinski definition) is 5. The number of imidazole rings is 1. The zero-order chi connectivity index (χ0) is 21.3. The smallest absolute Gasteiger partial charge is 0.316 e. The molecule has 2 aromatic carbocycles. The topological polar surface area (TPSA) is 84.6 Å². The maximum Gasteiger partial charge on any atom is 0.316 e. The molecule has 0 aliphatic rings. The molecule has 3 rings (SSSR count). The van der Waals surface area contributed by atoms with Crippen LogP contribution in [0, 0.1) is 5.41 Å². The highest BCUT2D eigenvalue weighted by Crippen LogP contribution is 2.34. The molecule has 0 aliphatic carbocycles. The van der Waals surface area contributed by atoms with Crippen molar-refractivity contribution in [2.24, 2.45) is 12.5 Å². The summed E-state index contributed by atoms with van der Waals surface area (Å²) in [6, 6.07) is 10.7. The van der Waals surface area contributed by atoms with Gasteiger partial charge in [-0.2, -0.15) is 0 Å². The summed E-state index contributed by atoms with van der Waals surface area (Å²) in [5, 5.41) is 21.1. The van der Waals surface area contributed by atoms with Crippen molar-refractivity contribution in [2.45, 2.75) is 34.1 Å². The van der Waals surface area contributed by atoms with E-state index < -0.39 is 5.41 Å². The number of hydrogen-bond donors (Lipinski definition) is 2. The highest BCUT2D eigenvalue weighted by Gasteiger charge is 2.25. The molecule has 152 valence electrons.